The standard InChI is InChI=1S/C11H11BrN6O2/c1-6-7(12)3-2-4-8(6)15-10-9(18(19)20)5-14-11(16-10)17-13/h2-5H,13H2,1H3,(H2,14,15,16,17). The molecule has 9 heteroatoms. The van der Waals surface area contributed by atoms with E-state index in [9.17, 15) is 10.1 Å². The minimum Gasteiger partial charge on any atom is -0.334 e. The molecule has 0 amide bonds. The largest absolute Gasteiger partial charge is 0.334 e. The average molecular weight is 339 g/mol. The predicted molar refractivity (Wildman–Crippen MR) is 78.7 cm³/mol. The van der Waals surface area contributed by atoms with Gasteiger partial charge in [0.05, 0.1) is 4.92 Å². The van der Waals surface area contributed by atoms with E-state index in [4.69, 9.17) is 5.84 Å². The van der Waals surface area contributed by atoms with Crippen LogP contribution in [0.25, 0.3) is 0 Å². The second-order valence-corrected chi connectivity index (χ2v) is 4.72. The molecule has 8 nitrogen and oxygen atoms in total. The number of halogens is 1. The summed E-state index contributed by atoms with van der Waals surface area (Å²) in [5.41, 5.74) is 3.62. The van der Waals surface area contributed by atoms with E-state index in [2.05, 4.69) is 36.6 Å². The van der Waals surface area contributed by atoms with Gasteiger partial charge in [0.25, 0.3) is 0 Å². The molecule has 0 unspecified atom stereocenters. The lowest BCUT2D eigenvalue weighted by atomic mass is 10.2. The molecule has 0 fully saturated rings. The minimum absolute atomic E-state index is 0.0687. The molecule has 0 bridgehead atoms. The van der Waals surface area contributed by atoms with Gasteiger partial charge in [-0.3, -0.25) is 15.5 Å². The Labute approximate surface area is 122 Å². The van der Waals surface area contributed by atoms with Gasteiger partial charge in [0.15, 0.2) is 0 Å². The van der Waals surface area contributed by atoms with E-state index in [0.29, 0.717) is 5.69 Å². The third kappa shape index (κ3) is 2.83. The lowest BCUT2D eigenvalue weighted by Gasteiger charge is -2.10. The third-order valence-electron chi connectivity index (χ3n) is 2.62. The van der Waals surface area contributed by atoms with Crippen molar-refractivity contribution in [2.45, 2.75) is 6.92 Å². The fraction of sp³-hybridized carbons (Fsp3) is 0.0909. The van der Waals surface area contributed by atoms with Gasteiger partial charge in [0.1, 0.15) is 6.20 Å². The van der Waals surface area contributed by atoms with E-state index in [-0.39, 0.29) is 17.5 Å². The van der Waals surface area contributed by atoms with Gasteiger partial charge >= 0.3 is 5.69 Å². The van der Waals surface area contributed by atoms with Crippen LogP contribution in [0.5, 0.6) is 0 Å². The Bertz CT molecular complexity index is 663. The normalized spacial score (nSPS) is 10.2. The van der Waals surface area contributed by atoms with Gasteiger partial charge in [0, 0.05) is 10.2 Å². The van der Waals surface area contributed by atoms with Crippen LogP contribution in [-0.2, 0) is 0 Å². The number of benzene rings is 1. The summed E-state index contributed by atoms with van der Waals surface area (Å²) in [5, 5.41) is 13.9. The molecule has 0 aliphatic rings. The molecule has 1 aromatic heterocycles. The smallest absolute Gasteiger partial charge is 0.329 e. The lowest BCUT2D eigenvalue weighted by molar-refractivity contribution is -0.384. The monoisotopic (exact) mass is 338 g/mol. The number of aromatic nitrogens is 2. The molecular weight excluding hydrogens is 328 g/mol. The highest BCUT2D eigenvalue weighted by molar-refractivity contribution is 9.10. The first-order chi connectivity index (χ1) is 9.52. The van der Waals surface area contributed by atoms with Crippen molar-refractivity contribution in [3.63, 3.8) is 0 Å². The van der Waals surface area contributed by atoms with Crippen molar-refractivity contribution in [1.29, 1.82) is 0 Å². The number of hydrogen-bond donors (Lipinski definition) is 3. The van der Waals surface area contributed by atoms with Gasteiger partial charge in [-0.15, -0.1) is 0 Å². The molecule has 0 saturated heterocycles. The SMILES string of the molecule is Cc1c(Br)cccc1Nc1nc(NN)ncc1[N+](=O)[O-]. The first kappa shape index (κ1) is 14.2. The van der Waals surface area contributed by atoms with Crippen LogP contribution in [0.4, 0.5) is 23.1 Å². The Morgan fingerprint density at radius 1 is 1.45 bits per heavy atom. The maximum absolute atomic E-state index is 11.0. The average Bonchev–Trinajstić information content (AvgIpc) is 2.43. The number of nitrogens with zero attached hydrogens (tertiary/aromatic N) is 3. The summed E-state index contributed by atoms with van der Waals surface area (Å²) in [4.78, 5) is 18.1. The second-order valence-electron chi connectivity index (χ2n) is 3.87. The Balaban J connectivity index is 2.46. The second kappa shape index (κ2) is 5.80. The molecule has 2 aromatic rings. The minimum atomic E-state index is -0.560. The number of anilines is 3. The number of hydrazine groups is 1. The maximum atomic E-state index is 11.0. The number of nitrogens with one attached hydrogen (secondary N) is 2. The highest BCUT2D eigenvalue weighted by Crippen LogP contribution is 2.30. The Morgan fingerprint density at radius 3 is 2.85 bits per heavy atom. The van der Waals surface area contributed by atoms with E-state index in [1.54, 1.807) is 6.07 Å². The Hall–Kier alpha value is -2.26. The van der Waals surface area contributed by atoms with Crippen LogP contribution in [0.3, 0.4) is 0 Å². The van der Waals surface area contributed by atoms with Crippen LogP contribution in [0.2, 0.25) is 0 Å². The number of nitrogens with two attached hydrogens (primary N) is 1. The van der Waals surface area contributed by atoms with Crippen molar-refractivity contribution in [3.05, 3.63) is 44.5 Å². The van der Waals surface area contributed by atoms with Gasteiger partial charge in [-0.2, -0.15) is 4.98 Å². The molecule has 2 rings (SSSR count). The van der Waals surface area contributed by atoms with Crippen molar-refractivity contribution in [2.75, 3.05) is 10.7 Å². The van der Waals surface area contributed by atoms with E-state index in [1.807, 2.05) is 19.1 Å². The molecule has 0 radical (unpaired) electrons. The zero-order valence-electron chi connectivity index (χ0n) is 10.4. The Kier molecular flexibility index (Phi) is 4.11. The summed E-state index contributed by atoms with van der Waals surface area (Å²) in [6, 6.07) is 5.48. The summed E-state index contributed by atoms with van der Waals surface area (Å²) < 4.78 is 0.886. The van der Waals surface area contributed by atoms with Gasteiger partial charge in [-0.1, -0.05) is 22.0 Å². The molecule has 0 saturated carbocycles. The van der Waals surface area contributed by atoms with Gasteiger partial charge in [-0.25, -0.2) is 10.8 Å². The molecule has 1 heterocycles. The number of rotatable bonds is 4. The predicted octanol–water partition coefficient (Wildman–Crippen LogP) is 2.48. The van der Waals surface area contributed by atoms with Crippen LogP contribution < -0.4 is 16.6 Å². The van der Waals surface area contributed by atoms with Crippen LogP contribution in [0.15, 0.2) is 28.9 Å². The van der Waals surface area contributed by atoms with Crippen LogP contribution in [0, 0.1) is 17.0 Å². The first-order valence-corrected chi connectivity index (χ1v) is 6.32. The molecule has 1 aromatic carbocycles. The molecule has 20 heavy (non-hydrogen) atoms. The van der Waals surface area contributed by atoms with E-state index in [0.717, 1.165) is 16.2 Å². The van der Waals surface area contributed by atoms with Gasteiger partial charge in [0.2, 0.25) is 11.8 Å². The van der Waals surface area contributed by atoms with E-state index >= 15 is 0 Å². The number of nitrogen functional groups attached to an aromatic ring is 1. The zero-order chi connectivity index (χ0) is 14.7. The maximum Gasteiger partial charge on any atom is 0.329 e. The van der Waals surface area contributed by atoms with Crippen molar-refractivity contribution < 1.29 is 4.92 Å². The van der Waals surface area contributed by atoms with Crippen LogP contribution in [-0.4, -0.2) is 14.9 Å². The first-order valence-electron chi connectivity index (χ1n) is 5.53. The molecule has 0 aliphatic carbocycles. The van der Waals surface area contributed by atoms with E-state index in [1.165, 1.54) is 0 Å². The van der Waals surface area contributed by atoms with Crippen LogP contribution >= 0.6 is 15.9 Å². The molecule has 0 atom stereocenters. The van der Waals surface area contributed by atoms with Crippen molar-refractivity contribution >= 4 is 39.1 Å². The summed E-state index contributed by atoms with van der Waals surface area (Å²) in [7, 11) is 0. The summed E-state index contributed by atoms with van der Waals surface area (Å²) >= 11 is 3.40. The van der Waals surface area contributed by atoms with Crippen LogP contribution in [0.1, 0.15) is 5.56 Å². The molecule has 4 N–H and O–H groups in total. The summed E-state index contributed by atoms with van der Waals surface area (Å²) in [5.74, 6) is 5.37. The Morgan fingerprint density at radius 2 is 2.20 bits per heavy atom. The highest BCUT2D eigenvalue weighted by Gasteiger charge is 2.18. The highest BCUT2D eigenvalue weighted by atomic mass is 79.9. The molecule has 0 aliphatic heterocycles. The fourth-order valence-electron chi connectivity index (χ4n) is 1.54. The number of nitro groups is 1. The summed E-state index contributed by atoms with van der Waals surface area (Å²) in [6.07, 6.45) is 1.10. The van der Waals surface area contributed by atoms with Gasteiger partial charge in [-0.05, 0) is 24.6 Å². The van der Waals surface area contributed by atoms with Gasteiger partial charge < -0.3 is 5.32 Å². The number of hydrogen-bond acceptors (Lipinski definition) is 7. The van der Waals surface area contributed by atoms with Crippen molar-refractivity contribution in [3.8, 4) is 0 Å². The molecular formula is C11H11BrN6O2. The quantitative estimate of drug-likeness (QED) is 0.445. The summed E-state index contributed by atoms with van der Waals surface area (Å²) in [6.45, 7) is 1.88. The van der Waals surface area contributed by atoms with E-state index < -0.39 is 4.92 Å². The third-order valence-corrected chi connectivity index (χ3v) is 3.48. The van der Waals surface area contributed by atoms with Crippen molar-refractivity contribution in [2.24, 2.45) is 5.84 Å². The zero-order valence-corrected chi connectivity index (χ0v) is 12.0. The fourth-order valence-corrected chi connectivity index (χ4v) is 1.91. The molecule has 104 valence electrons. The topological polar surface area (TPSA) is 119 Å². The molecule has 0 spiro atoms. The lowest BCUT2D eigenvalue weighted by Crippen LogP contribution is -2.12. The van der Waals surface area contributed by atoms with Crippen molar-refractivity contribution in [1.82, 2.24) is 9.97 Å².